The summed E-state index contributed by atoms with van der Waals surface area (Å²) in [6.07, 6.45) is 10.2. The van der Waals surface area contributed by atoms with Crippen molar-refractivity contribution >= 4 is 16.9 Å². The molecule has 0 atom stereocenters. The van der Waals surface area contributed by atoms with Gasteiger partial charge in [-0.2, -0.15) is 5.10 Å². The minimum absolute atomic E-state index is 0.311. The number of anilines is 1. The third kappa shape index (κ3) is 4.62. The number of unbranched alkanes of at least 4 members (excludes halogenated alkanes) is 1. The number of nitrogens with zero attached hydrogens (tertiary/aromatic N) is 7. The fourth-order valence-electron chi connectivity index (χ4n) is 4.06. The van der Waals surface area contributed by atoms with Crippen molar-refractivity contribution in [3.63, 3.8) is 0 Å². The Balaban J connectivity index is 1.55. The number of hydrogen-bond donors (Lipinski definition) is 1. The van der Waals surface area contributed by atoms with Crippen LogP contribution in [0.1, 0.15) is 70.6 Å². The van der Waals surface area contributed by atoms with E-state index < -0.39 is 0 Å². The Kier molecular flexibility index (Phi) is 6.22. The zero-order chi connectivity index (χ0) is 24.6. The highest BCUT2D eigenvalue weighted by atomic mass is 16.5. The monoisotopic (exact) mass is 476 g/mol. The van der Waals surface area contributed by atoms with Crippen molar-refractivity contribution in [3.8, 4) is 22.8 Å². The van der Waals surface area contributed by atoms with Crippen LogP contribution >= 0.6 is 0 Å². The van der Waals surface area contributed by atoms with Crippen LogP contribution in [0.4, 0.5) is 5.82 Å². The van der Waals surface area contributed by atoms with Crippen molar-refractivity contribution in [2.45, 2.75) is 71.3 Å². The van der Waals surface area contributed by atoms with Crippen LogP contribution in [0.25, 0.3) is 33.8 Å². The molecule has 0 amide bonds. The molecule has 0 spiro atoms. The van der Waals surface area contributed by atoms with Gasteiger partial charge < -0.3 is 15.0 Å². The first kappa shape index (κ1) is 23.3. The van der Waals surface area contributed by atoms with Crippen LogP contribution in [0.15, 0.2) is 23.2 Å². The molecule has 184 valence electrons. The summed E-state index contributed by atoms with van der Waals surface area (Å²) < 4.78 is 13.4. The van der Waals surface area contributed by atoms with Crippen LogP contribution in [-0.2, 0) is 16.7 Å². The topological polar surface area (TPSA) is 131 Å². The Hall–Kier alpha value is -3.40. The Labute approximate surface area is 204 Å². The highest BCUT2D eigenvalue weighted by Gasteiger charge is 2.36. The number of aromatic nitrogens is 7. The molecule has 5 rings (SSSR count). The molecular weight excluding hydrogens is 444 g/mol. The van der Waals surface area contributed by atoms with Gasteiger partial charge in [0.15, 0.2) is 17.2 Å². The molecule has 0 bridgehead atoms. The van der Waals surface area contributed by atoms with E-state index in [9.17, 15) is 0 Å². The standard InChI is InChI=1S/C25H32N8O2/c1-5-6-10-34-11-9-15-12-27-23(28-13-15)17-20(32-35-21(17)16-7-8-16)19-18-22(26)29-14-30-24(18)33(31-19)25(2,3)4/h12-14,16H,5-11H2,1-4H3,(H2,26,29,30). The Morgan fingerprint density at radius 1 is 1.09 bits per heavy atom. The van der Waals surface area contributed by atoms with E-state index in [1.807, 2.05) is 17.1 Å². The minimum Gasteiger partial charge on any atom is -0.383 e. The van der Waals surface area contributed by atoms with Crippen LogP contribution in [0.2, 0.25) is 0 Å². The summed E-state index contributed by atoms with van der Waals surface area (Å²) in [6.45, 7) is 9.79. The second-order valence-electron chi connectivity index (χ2n) is 10.1. The number of hydrogen-bond acceptors (Lipinski definition) is 9. The van der Waals surface area contributed by atoms with E-state index in [1.165, 1.54) is 6.33 Å². The predicted molar refractivity (Wildman–Crippen MR) is 133 cm³/mol. The molecule has 0 unspecified atom stereocenters. The number of nitrogens with two attached hydrogens (primary N) is 1. The third-order valence-electron chi connectivity index (χ3n) is 6.13. The molecule has 4 aromatic rings. The molecule has 1 aliphatic carbocycles. The number of ether oxygens (including phenoxy) is 1. The molecule has 0 radical (unpaired) electrons. The summed E-state index contributed by atoms with van der Waals surface area (Å²) in [5.41, 5.74) is 9.58. The first-order valence-electron chi connectivity index (χ1n) is 12.3. The maximum atomic E-state index is 6.31. The van der Waals surface area contributed by atoms with Gasteiger partial charge in [0, 0.05) is 24.9 Å². The second-order valence-corrected chi connectivity index (χ2v) is 10.1. The van der Waals surface area contributed by atoms with E-state index in [0.29, 0.717) is 46.6 Å². The molecule has 1 fully saturated rings. The summed E-state index contributed by atoms with van der Waals surface area (Å²) in [4.78, 5) is 18.1. The molecular formula is C25H32N8O2. The lowest BCUT2D eigenvalue weighted by Crippen LogP contribution is -2.23. The van der Waals surface area contributed by atoms with Crippen LogP contribution in [-0.4, -0.2) is 48.1 Å². The molecule has 0 saturated heterocycles. The molecule has 0 aromatic carbocycles. The highest BCUT2D eigenvalue weighted by Crippen LogP contribution is 2.47. The lowest BCUT2D eigenvalue weighted by Gasteiger charge is -2.19. The van der Waals surface area contributed by atoms with E-state index in [1.54, 1.807) is 0 Å². The van der Waals surface area contributed by atoms with Crippen molar-refractivity contribution in [2.24, 2.45) is 0 Å². The van der Waals surface area contributed by atoms with Gasteiger partial charge in [-0.3, -0.25) is 0 Å². The zero-order valence-electron chi connectivity index (χ0n) is 20.8. The van der Waals surface area contributed by atoms with Crippen LogP contribution in [0.5, 0.6) is 0 Å². The van der Waals surface area contributed by atoms with E-state index in [4.69, 9.17) is 20.1 Å². The van der Waals surface area contributed by atoms with Gasteiger partial charge in [-0.05, 0) is 52.0 Å². The molecule has 10 nitrogen and oxygen atoms in total. The number of nitrogen functional groups attached to an aromatic ring is 1. The highest BCUT2D eigenvalue weighted by molar-refractivity contribution is 6.00. The summed E-state index contributed by atoms with van der Waals surface area (Å²) in [5, 5.41) is 10.00. The quantitative estimate of drug-likeness (QED) is 0.347. The minimum atomic E-state index is -0.322. The third-order valence-corrected chi connectivity index (χ3v) is 6.13. The molecule has 35 heavy (non-hydrogen) atoms. The maximum Gasteiger partial charge on any atom is 0.165 e. The average Bonchev–Trinajstić information content (AvgIpc) is 3.44. The molecule has 0 aliphatic heterocycles. The Morgan fingerprint density at radius 2 is 1.86 bits per heavy atom. The lowest BCUT2D eigenvalue weighted by atomic mass is 10.1. The van der Waals surface area contributed by atoms with Gasteiger partial charge >= 0.3 is 0 Å². The van der Waals surface area contributed by atoms with Crippen molar-refractivity contribution in [3.05, 3.63) is 30.0 Å². The van der Waals surface area contributed by atoms with Gasteiger partial charge in [0.1, 0.15) is 23.5 Å². The lowest BCUT2D eigenvalue weighted by molar-refractivity contribution is 0.134. The van der Waals surface area contributed by atoms with Gasteiger partial charge in [0.05, 0.1) is 23.1 Å². The normalized spacial score (nSPS) is 14.2. The Morgan fingerprint density at radius 3 is 2.54 bits per heavy atom. The molecule has 1 aliphatic rings. The van der Waals surface area contributed by atoms with Crippen molar-refractivity contribution in [1.29, 1.82) is 0 Å². The van der Waals surface area contributed by atoms with Gasteiger partial charge in [-0.25, -0.2) is 24.6 Å². The van der Waals surface area contributed by atoms with Gasteiger partial charge in [0.2, 0.25) is 0 Å². The first-order chi connectivity index (χ1) is 16.9. The van der Waals surface area contributed by atoms with E-state index in [0.717, 1.165) is 55.6 Å². The van der Waals surface area contributed by atoms with Crippen molar-refractivity contribution < 1.29 is 9.26 Å². The van der Waals surface area contributed by atoms with Crippen LogP contribution < -0.4 is 5.73 Å². The molecule has 4 aromatic heterocycles. The summed E-state index contributed by atoms with van der Waals surface area (Å²) in [5.74, 6) is 2.02. The van der Waals surface area contributed by atoms with Gasteiger partial charge in [-0.15, -0.1) is 0 Å². The van der Waals surface area contributed by atoms with Gasteiger partial charge in [0.25, 0.3) is 0 Å². The second kappa shape index (κ2) is 9.33. The summed E-state index contributed by atoms with van der Waals surface area (Å²) in [6, 6.07) is 0. The van der Waals surface area contributed by atoms with Gasteiger partial charge in [-0.1, -0.05) is 18.5 Å². The van der Waals surface area contributed by atoms with E-state index in [2.05, 4.69) is 52.8 Å². The Bertz CT molecular complexity index is 1320. The number of rotatable bonds is 9. The number of fused-ring (bicyclic) bond motifs is 1. The van der Waals surface area contributed by atoms with Crippen molar-refractivity contribution in [2.75, 3.05) is 18.9 Å². The van der Waals surface area contributed by atoms with Crippen LogP contribution in [0, 0.1) is 0 Å². The van der Waals surface area contributed by atoms with Crippen molar-refractivity contribution in [1.82, 2.24) is 34.9 Å². The summed E-state index contributed by atoms with van der Waals surface area (Å²) >= 11 is 0. The summed E-state index contributed by atoms with van der Waals surface area (Å²) in [7, 11) is 0. The molecule has 4 heterocycles. The zero-order valence-corrected chi connectivity index (χ0v) is 20.8. The SMILES string of the molecule is CCCCOCCc1cnc(-c2c(-c3nn(C(C)(C)C)c4ncnc(N)c34)noc2C2CC2)nc1. The van der Waals surface area contributed by atoms with Crippen LogP contribution in [0.3, 0.4) is 0 Å². The van der Waals surface area contributed by atoms with E-state index >= 15 is 0 Å². The smallest absolute Gasteiger partial charge is 0.165 e. The molecule has 1 saturated carbocycles. The average molecular weight is 477 g/mol. The fourth-order valence-corrected chi connectivity index (χ4v) is 4.06. The molecule has 2 N–H and O–H groups in total. The molecule has 10 heteroatoms. The van der Waals surface area contributed by atoms with E-state index in [-0.39, 0.29) is 5.54 Å². The first-order valence-corrected chi connectivity index (χ1v) is 12.3. The fraction of sp³-hybridized carbons (Fsp3) is 0.520. The largest absolute Gasteiger partial charge is 0.383 e. The predicted octanol–water partition coefficient (Wildman–Crippen LogP) is 4.51. The maximum absolute atomic E-state index is 6.31.